The fourth-order valence-electron chi connectivity index (χ4n) is 1.77. The van der Waals surface area contributed by atoms with Crippen molar-refractivity contribution in [2.75, 3.05) is 12.4 Å². The minimum atomic E-state index is -1.82. The first-order valence-corrected chi connectivity index (χ1v) is 6.92. The molecule has 7 heteroatoms. The van der Waals surface area contributed by atoms with Crippen molar-refractivity contribution in [3.8, 4) is 5.75 Å². The number of carboxylic acid groups (broad SMARTS) is 2. The Morgan fingerprint density at radius 2 is 1.67 bits per heavy atom. The lowest BCUT2D eigenvalue weighted by Crippen LogP contribution is -2.09. The molecule has 0 atom stereocenters. The zero-order valence-electron chi connectivity index (χ0n) is 13.2. The van der Waals surface area contributed by atoms with Crippen molar-refractivity contribution >= 4 is 17.6 Å². The molecule has 128 valence electrons. The van der Waals surface area contributed by atoms with Crippen LogP contribution in [-0.2, 0) is 16.1 Å². The summed E-state index contributed by atoms with van der Waals surface area (Å²) in [5, 5.41) is 18.1. The molecular formula is C17H18FNO5. The minimum Gasteiger partial charge on any atom is -0.497 e. The third-order valence-corrected chi connectivity index (χ3v) is 3.01. The number of benzene rings is 2. The van der Waals surface area contributed by atoms with Crippen LogP contribution in [0.15, 0.2) is 42.5 Å². The van der Waals surface area contributed by atoms with E-state index < -0.39 is 11.9 Å². The summed E-state index contributed by atoms with van der Waals surface area (Å²) in [6.07, 6.45) is 0. The molecule has 0 unspecified atom stereocenters. The highest BCUT2D eigenvalue weighted by atomic mass is 19.1. The molecule has 24 heavy (non-hydrogen) atoms. The molecule has 6 nitrogen and oxygen atoms in total. The normalized spacial score (nSPS) is 9.46. The Hall–Kier alpha value is -3.09. The van der Waals surface area contributed by atoms with Crippen molar-refractivity contribution in [3.05, 3.63) is 59.4 Å². The molecule has 0 heterocycles. The van der Waals surface area contributed by atoms with Gasteiger partial charge in [-0.15, -0.1) is 0 Å². The molecule has 0 amide bonds. The Kier molecular flexibility index (Phi) is 7.22. The molecule has 0 aliphatic rings. The Morgan fingerprint density at radius 3 is 2.12 bits per heavy atom. The highest BCUT2D eigenvalue weighted by Gasteiger charge is 2.04. The Morgan fingerprint density at radius 1 is 1.08 bits per heavy atom. The largest absolute Gasteiger partial charge is 0.497 e. The summed E-state index contributed by atoms with van der Waals surface area (Å²) in [6, 6.07) is 12.6. The van der Waals surface area contributed by atoms with Crippen molar-refractivity contribution in [2.24, 2.45) is 0 Å². The number of rotatable bonds is 4. The van der Waals surface area contributed by atoms with E-state index in [2.05, 4.69) is 5.32 Å². The van der Waals surface area contributed by atoms with Gasteiger partial charge in [0.05, 0.1) is 7.11 Å². The monoisotopic (exact) mass is 335 g/mol. The van der Waals surface area contributed by atoms with Gasteiger partial charge in [-0.1, -0.05) is 12.1 Å². The first kappa shape index (κ1) is 19.0. The summed E-state index contributed by atoms with van der Waals surface area (Å²) in [6.45, 7) is 2.59. The van der Waals surface area contributed by atoms with Gasteiger partial charge in [0.1, 0.15) is 11.6 Å². The van der Waals surface area contributed by atoms with E-state index in [0.717, 1.165) is 22.6 Å². The molecule has 0 spiro atoms. The van der Waals surface area contributed by atoms with E-state index in [1.54, 1.807) is 13.2 Å². The Balaban J connectivity index is 0.000000413. The molecule has 0 aromatic heterocycles. The zero-order valence-corrected chi connectivity index (χ0v) is 13.2. The lowest BCUT2D eigenvalue weighted by molar-refractivity contribution is -0.159. The lowest BCUT2D eigenvalue weighted by Gasteiger charge is -2.10. The molecule has 0 aliphatic carbocycles. The van der Waals surface area contributed by atoms with Crippen LogP contribution in [0.5, 0.6) is 5.75 Å². The number of aliphatic carboxylic acids is 2. The van der Waals surface area contributed by atoms with Gasteiger partial charge in [-0.3, -0.25) is 0 Å². The highest BCUT2D eigenvalue weighted by Crippen LogP contribution is 2.17. The molecule has 0 aliphatic heterocycles. The molecule has 0 saturated carbocycles. The number of methoxy groups -OCH3 is 1. The zero-order chi connectivity index (χ0) is 18.1. The lowest BCUT2D eigenvalue weighted by atomic mass is 10.1. The Labute approximate surface area is 138 Å². The minimum absolute atomic E-state index is 0.206. The quantitative estimate of drug-likeness (QED) is 0.744. The van der Waals surface area contributed by atoms with Crippen molar-refractivity contribution in [1.82, 2.24) is 0 Å². The SMILES string of the molecule is COc1ccc(CNc2ccc(F)cc2C)cc1.O=C(O)C(=O)O. The number of carbonyl (C=O) groups is 2. The van der Waals surface area contributed by atoms with Crippen LogP contribution >= 0.6 is 0 Å². The average molecular weight is 335 g/mol. The molecule has 0 fully saturated rings. The van der Waals surface area contributed by atoms with Crippen LogP contribution in [0.1, 0.15) is 11.1 Å². The fraction of sp³-hybridized carbons (Fsp3) is 0.176. The number of halogens is 1. The maximum absolute atomic E-state index is 13.0. The van der Waals surface area contributed by atoms with Crippen LogP contribution in [-0.4, -0.2) is 29.3 Å². The summed E-state index contributed by atoms with van der Waals surface area (Å²) in [5.41, 5.74) is 3.01. The number of hydrogen-bond donors (Lipinski definition) is 3. The molecule has 0 radical (unpaired) electrons. The maximum Gasteiger partial charge on any atom is 0.414 e. The van der Waals surface area contributed by atoms with Crippen LogP contribution in [0.4, 0.5) is 10.1 Å². The highest BCUT2D eigenvalue weighted by molar-refractivity contribution is 6.27. The van der Waals surface area contributed by atoms with Crippen molar-refractivity contribution in [2.45, 2.75) is 13.5 Å². The second-order valence-corrected chi connectivity index (χ2v) is 4.77. The molecular weight excluding hydrogens is 317 g/mol. The average Bonchev–Trinajstić information content (AvgIpc) is 2.55. The third kappa shape index (κ3) is 6.35. The van der Waals surface area contributed by atoms with Gasteiger partial charge in [0, 0.05) is 12.2 Å². The van der Waals surface area contributed by atoms with Crippen LogP contribution in [0.25, 0.3) is 0 Å². The van der Waals surface area contributed by atoms with E-state index in [0.29, 0.717) is 6.54 Å². The van der Waals surface area contributed by atoms with Gasteiger partial charge in [-0.05, 0) is 48.4 Å². The van der Waals surface area contributed by atoms with E-state index in [9.17, 15) is 4.39 Å². The molecule has 2 aromatic rings. The molecule has 2 rings (SSSR count). The predicted octanol–water partition coefficient (Wildman–Crippen LogP) is 2.91. The van der Waals surface area contributed by atoms with Crippen LogP contribution in [0, 0.1) is 12.7 Å². The topological polar surface area (TPSA) is 95.9 Å². The number of ether oxygens (including phenoxy) is 1. The van der Waals surface area contributed by atoms with Crippen molar-refractivity contribution in [3.63, 3.8) is 0 Å². The smallest absolute Gasteiger partial charge is 0.414 e. The number of carboxylic acids is 2. The fourth-order valence-corrected chi connectivity index (χ4v) is 1.77. The number of hydrogen-bond acceptors (Lipinski definition) is 4. The standard InChI is InChI=1S/C15H16FNO.C2H2O4/c1-11-9-13(16)5-8-15(11)17-10-12-3-6-14(18-2)7-4-12;3-1(4)2(5)6/h3-9,17H,10H2,1-2H3;(H,3,4)(H,5,6). The Bertz CT molecular complexity index is 689. The first-order valence-electron chi connectivity index (χ1n) is 6.92. The van der Waals surface area contributed by atoms with E-state index in [4.69, 9.17) is 24.5 Å². The molecule has 0 saturated heterocycles. The van der Waals surface area contributed by atoms with E-state index in [1.807, 2.05) is 31.2 Å². The summed E-state index contributed by atoms with van der Waals surface area (Å²) in [4.78, 5) is 18.2. The molecule has 3 N–H and O–H groups in total. The molecule has 0 bridgehead atoms. The van der Waals surface area contributed by atoms with E-state index in [-0.39, 0.29) is 5.82 Å². The van der Waals surface area contributed by atoms with Gasteiger partial charge in [0.2, 0.25) is 0 Å². The van der Waals surface area contributed by atoms with Gasteiger partial charge in [0.25, 0.3) is 0 Å². The van der Waals surface area contributed by atoms with Gasteiger partial charge in [-0.2, -0.15) is 0 Å². The first-order chi connectivity index (χ1) is 11.3. The summed E-state index contributed by atoms with van der Waals surface area (Å²) in [7, 11) is 1.65. The van der Waals surface area contributed by atoms with Gasteiger partial charge in [0.15, 0.2) is 0 Å². The summed E-state index contributed by atoms with van der Waals surface area (Å²) < 4.78 is 18.1. The van der Waals surface area contributed by atoms with Crippen LogP contribution in [0.3, 0.4) is 0 Å². The number of nitrogens with one attached hydrogen (secondary N) is 1. The number of anilines is 1. The van der Waals surface area contributed by atoms with Gasteiger partial charge >= 0.3 is 11.9 Å². The van der Waals surface area contributed by atoms with E-state index in [1.165, 1.54) is 12.1 Å². The summed E-state index contributed by atoms with van der Waals surface area (Å²) >= 11 is 0. The molecule has 2 aromatic carbocycles. The third-order valence-electron chi connectivity index (χ3n) is 3.01. The summed E-state index contributed by atoms with van der Waals surface area (Å²) in [5.74, 6) is -3.01. The predicted molar refractivity (Wildman–Crippen MR) is 86.7 cm³/mol. The van der Waals surface area contributed by atoms with E-state index >= 15 is 0 Å². The number of aryl methyl sites for hydroxylation is 1. The van der Waals surface area contributed by atoms with Crippen molar-refractivity contribution < 1.29 is 28.9 Å². The van der Waals surface area contributed by atoms with Gasteiger partial charge < -0.3 is 20.3 Å². The van der Waals surface area contributed by atoms with Crippen LogP contribution in [0.2, 0.25) is 0 Å². The maximum atomic E-state index is 13.0. The van der Waals surface area contributed by atoms with Crippen LogP contribution < -0.4 is 10.1 Å². The van der Waals surface area contributed by atoms with Gasteiger partial charge in [-0.25, -0.2) is 14.0 Å². The second-order valence-electron chi connectivity index (χ2n) is 4.77. The van der Waals surface area contributed by atoms with Crippen molar-refractivity contribution in [1.29, 1.82) is 0 Å². The second kappa shape index (κ2) is 9.14.